The first kappa shape index (κ1) is 22.0. The topological polar surface area (TPSA) is 115 Å². The minimum atomic E-state index is -1.33. The highest BCUT2D eigenvalue weighted by atomic mass is 28.3. The smallest absolute Gasteiger partial charge is 0.300 e. The van der Waals surface area contributed by atoms with Gasteiger partial charge in [0.25, 0.3) is 11.9 Å². The van der Waals surface area contributed by atoms with Gasteiger partial charge < -0.3 is 20.4 Å². The number of aliphatic hydroxyl groups excluding tert-OH is 1. The third-order valence-electron chi connectivity index (χ3n) is 1.12. The Morgan fingerprint density at radius 3 is 1.33 bits per heavy atom. The summed E-state index contributed by atoms with van der Waals surface area (Å²) in [6, 6.07) is 0.782. The van der Waals surface area contributed by atoms with Crippen molar-refractivity contribution in [3.05, 3.63) is 12.2 Å². The second-order valence-electron chi connectivity index (χ2n) is 4.81. The van der Waals surface area contributed by atoms with Crippen molar-refractivity contribution in [1.29, 1.82) is 0 Å². The molecule has 0 unspecified atom stereocenters. The predicted octanol–water partition coefficient (Wildman–Crippen LogP) is 1.37. The molecular formula is C11H24O6Si. The monoisotopic (exact) mass is 280 g/mol. The Balaban J connectivity index is -0.000000233. The van der Waals surface area contributed by atoms with Gasteiger partial charge in [0.1, 0.15) is 0 Å². The van der Waals surface area contributed by atoms with Crippen LogP contribution < -0.4 is 0 Å². The zero-order chi connectivity index (χ0) is 15.5. The van der Waals surface area contributed by atoms with Gasteiger partial charge >= 0.3 is 0 Å². The van der Waals surface area contributed by atoms with Crippen LogP contribution in [0.25, 0.3) is 0 Å². The number of carboxylic acids is 2. The van der Waals surface area contributed by atoms with Gasteiger partial charge in [-0.2, -0.15) is 0 Å². The van der Waals surface area contributed by atoms with Crippen LogP contribution in [0.4, 0.5) is 0 Å². The molecule has 4 N–H and O–H groups in total. The molecule has 18 heavy (non-hydrogen) atoms. The summed E-state index contributed by atoms with van der Waals surface area (Å²) in [6.45, 7) is 12.2. The van der Waals surface area contributed by atoms with Crippen LogP contribution in [0.2, 0.25) is 25.7 Å². The lowest BCUT2D eigenvalue weighted by molar-refractivity contribution is -0.135. The zero-order valence-corrected chi connectivity index (χ0v) is 12.6. The molecule has 0 fully saturated rings. The maximum absolute atomic E-state index is 9.00. The molecule has 0 heterocycles. The summed E-state index contributed by atoms with van der Waals surface area (Å²) in [7, 11) is -1.20. The van der Waals surface area contributed by atoms with Crippen molar-refractivity contribution in [3.63, 3.8) is 0 Å². The summed E-state index contributed by atoms with van der Waals surface area (Å²) in [5.74, 6) is -1.67. The molecule has 0 spiro atoms. The third kappa shape index (κ3) is 46.3. The average Bonchev–Trinajstić information content (AvgIpc) is 1.97. The van der Waals surface area contributed by atoms with E-state index in [0.29, 0.717) is 5.57 Å². The van der Waals surface area contributed by atoms with Gasteiger partial charge in [0, 0.05) is 21.9 Å². The summed E-state index contributed by atoms with van der Waals surface area (Å²) in [5, 5.41) is 32.2. The average molecular weight is 280 g/mol. The van der Waals surface area contributed by atoms with E-state index in [4.69, 9.17) is 30.0 Å². The molecule has 6 nitrogen and oxygen atoms in total. The van der Waals surface area contributed by atoms with E-state index in [0.717, 1.165) is 19.9 Å². The number of carbonyl (C=O) groups is 2. The van der Waals surface area contributed by atoms with Gasteiger partial charge in [0.15, 0.2) is 6.29 Å². The SMILES string of the molecule is C=C(C[Si](C)(C)C)C(O)O.CC(=O)O.CC(=O)O. The quantitative estimate of drug-likeness (QED) is 0.352. The molecule has 0 aliphatic rings. The minimum Gasteiger partial charge on any atom is -0.481 e. The minimum absolute atomic E-state index is 0.541. The van der Waals surface area contributed by atoms with Gasteiger partial charge in [-0.1, -0.05) is 26.2 Å². The van der Waals surface area contributed by atoms with Crippen LogP contribution >= 0.6 is 0 Å². The van der Waals surface area contributed by atoms with Crippen LogP contribution in [0.5, 0.6) is 0 Å². The van der Waals surface area contributed by atoms with Gasteiger partial charge in [-0.25, -0.2) is 0 Å². The number of aliphatic hydroxyl groups is 2. The Hall–Kier alpha value is -1.18. The first-order valence-corrected chi connectivity index (χ1v) is 8.93. The first-order chi connectivity index (χ1) is 7.79. The number of hydrogen-bond donors (Lipinski definition) is 4. The molecule has 0 atom stereocenters. The molecule has 0 rings (SSSR count). The summed E-state index contributed by atoms with van der Waals surface area (Å²) in [6.07, 6.45) is -1.33. The molecule has 0 bridgehead atoms. The number of carboxylic acid groups (broad SMARTS) is 2. The molecule has 0 radical (unpaired) electrons. The fraction of sp³-hybridized carbons (Fsp3) is 0.636. The van der Waals surface area contributed by atoms with E-state index in [2.05, 4.69) is 26.2 Å². The fourth-order valence-corrected chi connectivity index (χ4v) is 2.32. The molecule has 0 saturated heterocycles. The van der Waals surface area contributed by atoms with E-state index < -0.39 is 26.3 Å². The van der Waals surface area contributed by atoms with Crippen molar-refractivity contribution in [1.82, 2.24) is 0 Å². The number of hydrogen-bond acceptors (Lipinski definition) is 4. The molecular weight excluding hydrogens is 256 g/mol. The highest BCUT2D eigenvalue weighted by Crippen LogP contribution is 2.16. The molecule has 0 aliphatic carbocycles. The Labute approximate surface area is 109 Å². The van der Waals surface area contributed by atoms with Crippen LogP contribution in [-0.2, 0) is 9.59 Å². The number of aliphatic carboxylic acids is 2. The van der Waals surface area contributed by atoms with Crippen LogP contribution in [-0.4, -0.2) is 46.7 Å². The van der Waals surface area contributed by atoms with Crippen molar-refractivity contribution < 1.29 is 30.0 Å². The van der Waals surface area contributed by atoms with Crippen molar-refractivity contribution in [2.24, 2.45) is 0 Å². The Morgan fingerprint density at radius 1 is 1.06 bits per heavy atom. The van der Waals surface area contributed by atoms with Gasteiger partial charge in [-0.05, 0) is 11.6 Å². The largest absolute Gasteiger partial charge is 0.481 e. The highest BCUT2D eigenvalue weighted by Gasteiger charge is 2.17. The second-order valence-corrected chi connectivity index (χ2v) is 10.3. The van der Waals surface area contributed by atoms with Gasteiger partial charge in [0.05, 0.1) is 0 Å². The van der Waals surface area contributed by atoms with Crippen LogP contribution in [0.1, 0.15) is 13.8 Å². The van der Waals surface area contributed by atoms with Gasteiger partial charge in [-0.15, -0.1) is 0 Å². The van der Waals surface area contributed by atoms with Crippen molar-refractivity contribution >= 4 is 20.0 Å². The summed E-state index contributed by atoms with van der Waals surface area (Å²) in [5.41, 5.74) is 0.541. The lowest BCUT2D eigenvalue weighted by atomic mass is 10.3. The maximum atomic E-state index is 9.00. The molecule has 0 aromatic heterocycles. The van der Waals surface area contributed by atoms with E-state index in [1.807, 2.05) is 0 Å². The zero-order valence-electron chi connectivity index (χ0n) is 11.6. The lowest BCUT2D eigenvalue weighted by Crippen LogP contribution is -2.23. The van der Waals surface area contributed by atoms with E-state index in [1.165, 1.54) is 0 Å². The summed E-state index contributed by atoms with van der Waals surface area (Å²) < 4.78 is 0. The van der Waals surface area contributed by atoms with E-state index in [9.17, 15) is 0 Å². The molecule has 108 valence electrons. The lowest BCUT2D eigenvalue weighted by Gasteiger charge is -2.18. The Bertz CT molecular complexity index is 247. The molecule has 0 aromatic carbocycles. The van der Waals surface area contributed by atoms with Gasteiger partial charge in [-0.3, -0.25) is 9.59 Å². The van der Waals surface area contributed by atoms with Crippen LogP contribution in [0, 0.1) is 0 Å². The predicted molar refractivity (Wildman–Crippen MR) is 72.1 cm³/mol. The first-order valence-electron chi connectivity index (χ1n) is 5.22. The third-order valence-corrected chi connectivity index (χ3v) is 2.64. The molecule has 0 amide bonds. The second kappa shape index (κ2) is 10.9. The molecule has 7 heteroatoms. The fourth-order valence-electron chi connectivity index (χ4n) is 0.772. The van der Waals surface area contributed by atoms with Crippen molar-refractivity contribution in [2.75, 3.05) is 0 Å². The van der Waals surface area contributed by atoms with E-state index >= 15 is 0 Å². The van der Waals surface area contributed by atoms with Crippen LogP contribution in [0.15, 0.2) is 12.2 Å². The van der Waals surface area contributed by atoms with E-state index in [-0.39, 0.29) is 0 Å². The van der Waals surface area contributed by atoms with Crippen molar-refractivity contribution in [2.45, 2.75) is 45.8 Å². The molecule has 0 aliphatic heterocycles. The van der Waals surface area contributed by atoms with E-state index in [1.54, 1.807) is 0 Å². The molecule has 0 saturated carbocycles. The standard InChI is InChI=1S/C7H16O2Si.2C2H4O2/c1-6(7(8)9)5-10(2,3)4;2*1-2(3)4/h7-9H,1,5H2,2-4H3;2*1H3,(H,3,4). The maximum Gasteiger partial charge on any atom is 0.300 e. The Morgan fingerprint density at radius 2 is 1.28 bits per heavy atom. The van der Waals surface area contributed by atoms with Gasteiger partial charge in [0.2, 0.25) is 0 Å². The highest BCUT2D eigenvalue weighted by molar-refractivity contribution is 6.76. The summed E-state index contributed by atoms with van der Waals surface area (Å²) >= 11 is 0. The summed E-state index contributed by atoms with van der Waals surface area (Å²) in [4.78, 5) is 18.0. The molecule has 0 aromatic rings. The normalized spacial score (nSPS) is 9.56. The van der Waals surface area contributed by atoms with Crippen molar-refractivity contribution in [3.8, 4) is 0 Å². The van der Waals surface area contributed by atoms with Crippen LogP contribution in [0.3, 0.4) is 0 Å². The Kier molecular flexibility index (Phi) is 13.4. The number of rotatable bonds is 3.